The number of hydrogen-bond acceptors (Lipinski definition) is 3. The number of amides is 3. The van der Waals surface area contributed by atoms with E-state index in [9.17, 15) is 14.4 Å². The highest BCUT2D eigenvalue weighted by Crippen LogP contribution is 2.24. The smallest absolute Gasteiger partial charge is 0.271 e. The van der Waals surface area contributed by atoms with Gasteiger partial charge in [0.05, 0.1) is 5.56 Å². The molecule has 3 amide bonds. The third-order valence-corrected chi connectivity index (χ3v) is 5.78. The Bertz CT molecular complexity index is 965. The molecule has 1 aromatic carbocycles. The summed E-state index contributed by atoms with van der Waals surface area (Å²) in [5.74, 6) is -0.674. The van der Waals surface area contributed by atoms with Crippen LogP contribution >= 0.6 is 0 Å². The summed E-state index contributed by atoms with van der Waals surface area (Å²) in [6.07, 6.45) is 1.18. The Hall–Kier alpha value is -3.09. The largest absolute Gasteiger partial charge is 0.342 e. The molecule has 2 aromatic rings. The van der Waals surface area contributed by atoms with Crippen LogP contribution in [0.4, 0.5) is 0 Å². The van der Waals surface area contributed by atoms with Crippen molar-refractivity contribution in [2.45, 2.75) is 47.5 Å². The number of carbonyl (C=O) groups excluding carboxylic acids is 3. The number of aromatic nitrogens is 1. The zero-order chi connectivity index (χ0) is 22.8. The number of nitrogens with one attached hydrogen (secondary N) is 2. The van der Waals surface area contributed by atoms with Gasteiger partial charge in [0.15, 0.2) is 0 Å². The maximum absolute atomic E-state index is 12.7. The van der Waals surface area contributed by atoms with Gasteiger partial charge >= 0.3 is 0 Å². The number of para-hydroxylation sites is 1. The van der Waals surface area contributed by atoms with Crippen LogP contribution in [0.1, 0.15) is 55.4 Å². The average molecular weight is 425 g/mol. The molecular weight excluding hydrogens is 392 g/mol. The van der Waals surface area contributed by atoms with Crippen LogP contribution in [0, 0.1) is 25.2 Å². The lowest BCUT2D eigenvalue weighted by molar-refractivity contribution is -0.142. The lowest BCUT2D eigenvalue weighted by Gasteiger charge is -2.35. The molecule has 0 atom stereocenters. The predicted molar refractivity (Wildman–Crippen MR) is 120 cm³/mol. The second-order valence-electron chi connectivity index (χ2n) is 9.22. The van der Waals surface area contributed by atoms with Crippen molar-refractivity contribution in [3.05, 3.63) is 53.3 Å². The van der Waals surface area contributed by atoms with Gasteiger partial charge in [-0.25, -0.2) is 0 Å². The number of aryl methyl sites for hydroxylation is 1. The fourth-order valence-corrected chi connectivity index (χ4v) is 4.07. The lowest BCUT2D eigenvalue weighted by Crippen LogP contribution is -2.49. The van der Waals surface area contributed by atoms with E-state index < -0.39 is 5.41 Å². The minimum absolute atomic E-state index is 0.105. The maximum atomic E-state index is 12.7. The van der Waals surface area contributed by atoms with Crippen LogP contribution in [0.3, 0.4) is 0 Å². The first-order valence-electron chi connectivity index (χ1n) is 10.7. The van der Waals surface area contributed by atoms with Crippen molar-refractivity contribution < 1.29 is 14.4 Å². The standard InChI is InChI=1S/C24H32N4O3/c1-16-15-20(17(2)28(16)19-9-7-6-8-10-19)22(30)26-25-21(29)18-11-13-27(14-12-18)23(31)24(3,4)5/h6-10,15,18H,11-14H2,1-5H3,(H,25,29)(H,26,30). The average Bonchev–Trinajstić information content (AvgIpc) is 3.05. The van der Waals surface area contributed by atoms with E-state index in [2.05, 4.69) is 10.9 Å². The molecule has 0 spiro atoms. The quantitative estimate of drug-likeness (QED) is 0.743. The Morgan fingerprint density at radius 3 is 2.16 bits per heavy atom. The first kappa shape index (κ1) is 22.6. The molecule has 0 unspecified atom stereocenters. The second kappa shape index (κ2) is 8.96. The van der Waals surface area contributed by atoms with E-state index in [1.807, 2.05) is 80.5 Å². The molecule has 1 aromatic heterocycles. The normalized spacial score (nSPS) is 14.9. The Morgan fingerprint density at radius 1 is 0.968 bits per heavy atom. The molecule has 2 heterocycles. The molecule has 0 aliphatic carbocycles. The predicted octanol–water partition coefficient (Wildman–Crippen LogP) is 3.14. The van der Waals surface area contributed by atoms with Gasteiger partial charge in [0, 0.05) is 41.5 Å². The molecule has 1 aliphatic rings. The van der Waals surface area contributed by atoms with E-state index in [4.69, 9.17) is 0 Å². The highest BCUT2D eigenvalue weighted by molar-refractivity contribution is 5.97. The molecule has 7 nitrogen and oxygen atoms in total. The number of likely N-dealkylation sites (tertiary alicyclic amines) is 1. The summed E-state index contributed by atoms with van der Waals surface area (Å²) in [5.41, 5.74) is 7.96. The lowest BCUT2D eigenvalue weighted by atomic mass is 9.91. The number of benzene rings is 1. The number of nitrogens with zero attached hydrogens (tertiary/aromatic N) is 2. The van der Waals surface area contributed by atoms with Gasteiger partial charge < -0.3 is 9.47 Å². The first-order chi connectivity index (χ1) is 14.6. The van der Waals surface area contributed by atoms with E-state index in [0.717, 1.165) is 17.1 Å². The monoisotopic (exact) mass is 424 g/mol. The topological polar surface area (TPSA) is 83.4 Å². The van der Waals surface area contributed by atoms with Crippen molar-refractivity contribution in [2.75, 3.05) is 13.1 Å². The summed E-state index contributed by atoms with van der Waals surface area (Å²) >= 11 is 0. The zero-order valence-corrected chi connectivity index (χ0v) is 19.0. The van der Waals surface area contributed by atoms with Crippen molar-refractivity contribution in [3.63, 3.8) is 0 Å². The Morgan fingerprint density at radius 2 is 1.58 bits per heavy atom. The molecular formula is C24H32N4O3. The van der Waals surface area contributed by atoms with E-state index in [1.165, 1.54) is 0 Å². The van der Waals surface area contributed by atoms with Gasteiger partial charge in [-0.3, -0.25) is 25.2 Å². The molecule has 3 rings (SSSR count). The number of piperidine rings is 1. The van der Waals surface area contributed by atoms with Crippen molar-refractivity contribution in [1.82, 2.24) is 20.3 Å². The van der Waals surface area contributed by atoms with Crippen LogP contribution in [0.25, 0.3) is 5.69 Å². The summed E-state index contributed by atoms with van der Waals surface area (Å²) < 4.78 is 2.01. The molecule has 7 heteroatoms. The van der Waals surface area contributed by atoms with E-state index in [-0.39, 0.29) is 23.6 Å². The second-order valence-corrected chi connectivity index (χ2v) is 9.22. The molecule has 1 aliphatic heterocycles. The summed E-state index contributed by atoms with van der Waals surface area (Å²) in [5, 5.41) is 0. The fraction of sp³-hybridized carbons (Fsp3) is 0.458. The van der Waals surface area contributed by atoms with Crippen LogP contribution in [0.15, 0.2) is 36.4 Å². The minimum Gasteiger partial charge on any atom is -0.342 e. The molecule has 1 fully saturated rings. The number of hydrogen-bond donors (Lipinski definition) is 2. The Labute approximate surface area is 183 Å². The third-order valence-electron chi connectivity index (χ3n) is 5.78. The highest BCUT2D eigenvalue weighted by Gasteiger charge is 2.32. The van der Waals surface area contributed by atoms with Gasteiger partial charge in [-0.2, -0.15) is 0 Å². The molecule has 0 radical (unpaired) electrons. The van der Waals surface area contributed by atoms with Crippen molar-refractivity contribution in [1.29, 1.82) is 0 Å². The first-order valence-corrected chi connectivity index (χ1v) is 10.7. The van der Waals surface area contributed by atoms with Gasteiger partial charge in [-0.15, -0.1) is 0 Å². The summed E-state index contributed by atoms with van der Waals surface area (Å²) in [7, 11) is 0. The van der Waals surface area contributed by atoms with Crippen molar-refractivity contribution in [3.8, 4) is 5.69 Å². The fourth-order valence-electron chi connectivity index (χ4n) is 4.07. The van der Waals surface area contributed by atoms with Crippen LogP contribution < -0.4 is 10.9 Å². The highest BCUT2D eigenvalue weighted by atomic mass is 16.2. The summed E-state index contributed by atoms with van der Waals surface area (Å²) in [4.78, 5) is 39.5. The van der Waals surface area contributed by atoms with Crippen LogP contribution in [-0.2, 0) is 9.59 Å². The number of hydrazine groups is 1. The summed E-state index contributed by atoms with van der Waals surface area (Å²) in [6.45, 7) is 10.6. The van der Waals surface area contributed by atoms with Gasteiger partial charge in [0.1, 0.15) is 0 Å². The molecule has 0 saturated carbocycles. The molecule has 2 N–H and O–H groups in total. The number of carbonyl (C=O) groups is 3. The molecule has 0 bridgehead atoms. The number of rotatable bonds is 3. The van der Waals surface area contributed by atoms with Crippen LogP contribution in [0.5, 0.6) is 0 Å². The van der Waals surface area contributed by atoms with Crippen LogP contribution in [-0.4, -0.2) is 40.3 Å². The van der Waals surface area contributed by atoms with Gasteiger partial charge in [-0.1, -0.05) is 39.0 Å². The molecule has 1 saturated heterocycles. The van der Waals surface area contributed by atoms with E-state index >= 15 is 0 Å². The SMILES string of the molecule is Cc1cc(C(=O)NNC(=O)C2CCN(C(=O)C(C)(C)C)CC2)c(C)n1-c1ccccc1. The van der Waals surface area contributed by atoms with E-state index in [0.29, 0.717) is 31.5 Å². The van der Waals surface area contributed by atoms with E-state index in [1.54, 1.807) is 0 Å². The van der Waals surface area contributed by atoms with Crippen molar-refractivity contribution in [2.24, 2.45) is 11.3 Å². The van der Waals surface area contributed by atoms with Crippen molar-refractivity contribution >= 4 is 17.7 Å². The van der Waals surface area contributed by atoms with Crippen LogP contribution in [0.2, 0.25) is 0 Å². The third kappa shape index (κ3) is 4.98. The Kier molecular flexibility index (Phi) is 6.53. The minimum atomic E-state index is -0.421. The zero-order valence-electron chi connectivity index (χ0n) is 19.0. The molecule has 166 valence electrons. The summed E-state index contributed by atoms with van der Waals surface area (Å²) in [6, 6.07) is 11.6. The van der Waals surface area contributed by atoms with Gasteiger partial charge in [-0.05, 0) is 44.9 Å². The van der Waals surface area contributed by atoms with Gasteiger partial charge in [0.2, 0.25) is 11.8 Å². The molecule has 31 heavy (non-hydrogen) atoms. The maximum Gasteiger partial charge on any atom is 0.271 e. The Balaban J connectivity index is 1.57. The van der Waals surface area contributed by atoms with Gasteiger partial charge in [0.25, 0.3) is 5.91 Å².